The summed E-state index contributed by atoms with van der Waals surface area (Å²) in [5.41, 5.74) is 2.44. The van der Waals surface area contributed by atoms with Gasteiger partial charge in [-0.2, -0.15) is 0 Å². The normalized spacial score (nSPS) is 21.9. The maximum absolute atomic E-state index is 4.30. The summed E-state index contributed by atoms with van der Waals surface area (Å²) in [4.78, 5) is 6.86. The predicted molar refractivity (Wildman–Crippen MR) is 77.1 cm³/mol. The second kappa shape index (κ2) is 6.19. The van der Waals surface area contributed by atoms with Gasteiger partial charge in [0.1, 0.15) is 0 Å². The van der Waals surface area contributed by atoms with Crippen molar-refractivity contribution in [1.82, 2.24) is 10.3 Å². The molecule has 1 N–H and O–H groups in total. The first-order valence-corrected chi connectivity index (χ1v) is 7.15. The van der Waals surface area contributed by atoms with Crippen LogP contribution in [0.2, 0.25) is 0 Å². The maximum atomic E-state index is 4.30. The van der Waals surface area contributed by atoms with Crippen LogP contribution in [0.1, 0.15) is 38.8 Å². The lowest BCUT2D eigenvalue weighted by molar-refractivity contribution is 0.372. The highest BCUT2D eigenvalue weighted by Gasteiger charge is 2.27. The second-order valence-electron chi connectivity index (χ2n) is 5.26. The van der Waals surface area contributed by atoms with Crippen molar-refractivity contribution in [1.29, 1.82) is 0 Å². The number of pyridine rings is 1. The molecule has 1 fully saturated rings. The van der Waals surface area contributed by atoms with Gasteiger partial charge in [-0.25, -0.2) is 0 Å². The standard InChI is InChI=1S/C15H25N3/c1-4-16-13(3)15-7-5-6-10-18(15)14-8-9-17-12(2)11-14/h8-9,11,13,15-16H,4-7,10H2,1-3H3. The molecule has 3 nitrogen and oxygen atoms in total. The number of anilines is 1. The minimum Gasteiger partial charge on any atom is -0.367 e. The SMILES string of the molecule is CCNC(C)C1CCCCN1c1ccnc(C)c1. The minimum absolute atomic E-state index is 0.545. The average molecular weight is 247 g/mol. The van der Waals surface area contributed by atoms with Crippen molar-refractivity contribution in [3.05, 3.63) is 24.0 Å². The maximum Gasteiger partial charge on any atom is 0.0440 e. The van der Waals surface area contributed by atoms with Gasteiger partial charge < -0.3 is 10.2 Å². The number of nitrogens with one attached hydrogen (secondary N) is 1. The Balaban J connectivity index is 2.17. The highest BCUT2D eigenvalue weighted by Crippen LogP contribution is 2.26. The van der Waals surface area contributed by atoms with Crippen molar-refractivity contribution in [2.45, 2.75) is 52.1 Å². The van der Waals surface area contributed by atoms with Crippen LogP contribution in [0, 0.1) is 6.92 Å². The van der Waals surface area contributed by atoms with E-state index in [4.69, 9.17) is 0 Å². The minimum atomic E-state index is 0.545. The zero-order chi connectivity index (χ0) is 13.0. The first-order valence-electron chi connectivity index (χ1n) is 7.15. The number of rotatable bonds is 4. The van der Waals surface area contributed by atoms with Gasteiger partial charge in [0.15, 0.2) is 0 Å². The molecule has 1 aromatic heterocycles. The summed E-state index contributed by atoms with van der Waals surface area (Å²) in [7, 11) is 0. The highest BCUT2D eigenvalue weighted by molar-refractivity contribution is 5.48. The zero-order valence-electron chi connectivity index (χ0n) is 11.8. The first-order chi connectivity index (χ1) is 8.72. The summed E-state index contributed by atoms with van der Waals surface area (Å²) in [5.74, 6) is 0. The third kappa shape index (κ3) is 3.02. The Hall–Kier alpha value is -1.09. The lowest BCUT2D eigenvalue weighted by Crippen LogP contribution is -2.51. The molecule has 2 rings (SSSR count). The Morgan fingerprint density at radius 2 is 2.33 bits per heavy atom. The Morgan fingerprint density at radius 1 is 1.50 bits per heavy atom. The van der Waals surface area contributed by atoms with Gasteiger partial charge in [-0.15, -0.1) is 0 Å². The molecule has 1 saturated heterocycles. The summed E-state index contributed by atoms with van der Waals surface area (Å²) in [6, 6.07) is 5.50. The third-order valence-corrected chi connectivity index (χ3v) is 3.86. The van der Waals surface area contributed by atoms with Crippen molar-refractivity contribution in [3.63, 3.8) is 0 Å². The highest BCUT2D eigenvalue weighted by atomic mass is 15.2. The van der Waals surface area contributed by atoms with E-state index in [2.05, 4.69) is 48.1 Å². The molecule has 2 heterocycles. The fourth-order valence-corrected chi connectivity index (χ4v) is 2.97. The lowest BCUT2D eigenvalue weighted by Gasteiger charge is -2.41. The Bertz CT molecular complexity index is 378. The van der Waals surface area contributed by atoms with E-state index >= 15 is 0 Å². The van der Waals surface area contributed by atoms with E-state index in [0.29, 0.717) is 12.1 Å². The van der Waals surface area contributed by atoms with Crippen molar-refractivity contribution in [3.8, 4) is 0 Å². The number of piperidine rings is 1. The van der Waals surface area contributed by atoms with Crippen LogP contribution in [0.3, 0.4) is 0 Å². The van der Waals surface area contributed by atoms with Crippen LogP contribution in [-0.2, 0) is 0 Å². The summed E-state index contributed by atoms with van der Waals surface area (Å²) in [6.45, 7) is 8.77. The monoisotopic (exact) mass is 247 g/mol. The van der Waals surface area contributed by atoms with Gasteiger partial charge >= 0.3 is 0 Å². The van der Waals surface area contributed by atoms with E-state index in [9.17, 15) is 0 Å². The molecule has 1 aliphatic rings. The molecule has 1 aromatic rings. The average Bonchev–Trinajstić information content (AvgIpc) is 2.39. The molecular weight excluding hydrogens is 222 g/mol. The van der Waals surface area contributed by atoms with E-state index in [-0.39, 0.29) is 0 Å². The molecule has 0 amide bonds. The van der Waals surface area contributed by atoms with E-state index in [1.54, 1.807) is 0 Å². The van der Waals surface area contributed by atoms with Crippen molar-refractivity contribution in [2.75, 3.05) is 18.0 Å². The summed E-state index contributed by atoms with van der Waals surface area (Å²) >= 11 is 0. The number of hydrogen-bond acceptors (Lipinski definition) is 3. The molecule has 3 heteroatoms. The Morgan fingerprint density at radius 3 is 3.06 bits per heavy atom. The Labute approximate surface area is 111 Å². The summed E-state index contributed by atoms with van der Waals surface area (Å²) < 4.78 is 0. The zero-order valence-corrected chi connectivity index (χ0v) is 11.8. The largest absolute Gasteiger partial charge is 0.367 e. The molecule has 1 aliphatic heterocycles. The quantitative estimate of drug-likeness (QED) is 0.886. The molecule has 2 atom stereocenters. The van der Waals surface area contributed by atoms with E-state index < -0.39 is 0 Å². The molecule has 0 aromatic carbocycles. The van der Waals surface area contributed by atoms with Gasteiger partial charge in [-0.05, 0) is 51.8 Å². The number of nitrogens with zero attached hydrogens (tertiary/aromatic N) is 2. The second-order valence-corrected chi connectivity index (χ2v) is 5.26. The molecule has 0 radical (unpaired) electrons. The number of aryl methyl sites for hydroxylation is 1. The van der Waals surface area contributed by atoms with Crippen LogP contribution < -0.4 is 10.2 Å². The molecule has 2 unspecified atom stereocenters. The van der Waals surface area contributed by atoms with Crippen molar-refractivity contribution in [2.24, 2.45) is 0 Å². The molecule has 18 heavy (non-hydrogen) atoms. The molecule has 0 bridgehead atoms. The van der Waals surface area contributed by atoms with Gasteiger partial charge in [-0.1, -0.05) is 6.92 Å². The number of aromatic nitrogens is 1. The van der Waals surface area contributed by atoms with Crippen LogP contribution in [0.4, 0.5) is 5.69 Å². The predicted octanol–water partition coefficient (Wildman–Crippen LogP) is 2.75. The van der Waals surface area contributed by atoms with Gasteiger partial charge in [0.25, 0.3) is 0 Å². The van der Waals surface area contributed by atoms with Gasteiger partial charge in [-0.3, -0.25) is 4.98 Å². The summed E-state index contributed by atoms with van der Waals surface area (Å²) in [6.07, 6.45) is 5.86. The number of likely N-dealkylation sites (N-methyl/N-ethyl adjacent to an activating group) is 1. The Kier molecular flexibility index (Phi) is 4.59. The fourth-order valence-electron chi connectivity index (χ4n) is 2.97. The van der Waals surface area contributed by atoms with Crippen molar-refractivity contribution >= 4 is 5.69 Å². The molecule has 0 saturated carbocycles. The third-order valence-electron chi connectivity index (χ3n) is 3.86. The number of hydrogen-bond donors (Lipinski definition) is 1. The van der Waals surface area contributed by atoms with Crippen LogP contribution >= 0.6 is 0 Å². The van der Waals surface area contributed by atoms with Crippen LogP contribution in [-0.4, -0.2) is 30.2 Å². The molecule has 0 aliphatic carbocycles. The van der Waals surface area contributed by atoms with E-state index in [0.717, 1.165) is 12.2 Å². The first kappa shape index (κ1) is 13.3. The van der Waals surface area contributed by atoms with Crippen LogP contribution in [0.15, 0.2) is 18.3 Å². The van der Waals surface area contributed by atoms with Crippen molar-refractivity contribution < 1.29 is 0 Å². The molecule has 0 spiro atoms. The van der Waals surface area contributed by atoms with Crippen LogP contribution in [0.25, 0.3) is 0 Å². The van der Waals surface area contributed by atoms with Gasteiger partial charge in [0, 0.05) is 36.2 Å². The van der Waals surface area contributed by atoms with Gasteiger partial charge in [0.2, 0.25) is 0 Å². The van der Waals surface area contributed by atoms with Crippen LogP contribution in [0.5, 0.6) is 0 Å². The van der Waals surface area contributed by atoms with E-state index in [1.807, 2.05) is 6.20 Å². The fraction of sp³-hybridized carbons (Fsp3) is 0.667. The lowest BCUT2D eigenvalue weighted by atomic mass is 9.95. The van der Waals surface area contributed by atoms with Gasteiger partial charge in [0.05, 0.1) is 0 Å². The summed E-state index contributed by atoms with van der Waals surface area (Å²) in [5, 5.41) is 3.57. The topological polar surface area (TPSA) is 28.2 Å². The smallest absolute Gasteiger partial charge is 0.0440 e. The molecular formula is C15H25N3. The molecule has 100 valence electrons. The van der Waals surface area contributed by atoms with E-state index in [1.165, 1.54) is 31.5 Å².